The van der Waals surface area contributed by atoms with Crippen LogP contribution in [0.15, 0.2) is 242 Å². The molecule has 0 heterocycles. The predicted molar refractivity (Wildman–Crippen MR) is 272 cm³/mol. The van der Waals surface area contributed by atoms with Crippen molar-refractivity contribution in [3.05, 3.63) is 297 Å². The minimum absolute atomic E-state index is 0.118. The van der Waals surface area contributed by atoms with Gasteiger partial charge in [0.1, 0.15) is 0 Å². The molecule has 66 heavy (non-hydrogen) atoms. The Morgan fingerprint density at radius 1 is 0.394 bits per heavy atom. The Balaban J connectivity index is 1.11. The summed E-state index contributed by atoms with van der Waals surface area (Å²) in [5.74, 6) is 0.346. The Kier molecular flexibility index (Phi) is 7.78. The number of hydrogen-bond acceptors (Lipinski definition) is 1. The van der Waals surface area contributed by atoms with Crippen LogP contribution in [0.1, 0.15) is 81.8 Å². The van der Waals surface area contributed by atoms with E-state index in [9.17, 15) is 0 Å². The van der Waals surface area contributed by atoms with Crippen LogP contribution in [0, 0.1) is 0 Å². The molecule has 1 atom stereocenters. The van der Waals surface area contributed by atoms with Crippen LogP contribution in [0.4, 0.5) is 11.4 Å². The van der Waals surface area contributed by atoms with Crippen LogP contribution in [-0.2, 0) is 16.2 Å². The zero-order valence-corrected chi connectivity index (χ0v) is 37.2. The SMILES string of the molecule is CC1(C)C2=CC(N(c3cccc4c3-c3ccccc3C4(c3ccccc3)c3ccccc3)c3cccc4c3C3(c5ccccc5-c5ccccc53)c3ccccc3-4)=CCC2c2ccccc21. The second kappa shape index (κ2) is 13.6. The molecule has 1 spiro atoms. The van der Waals surface area contributed by atoms with Crippen molar-refractivity contribution in [3.63, 3.8) is 0 Å². The van der Waals surface area contributed by atoms with Gasteiger partial charge in [0.05, 0.1) is 22.2 Å². The Labute approximate surface area is 387 Å². The van der Waals surface area contributed by atoms with Gasteiger partial charge in [0.25, 0.3) is 0 Å². The summed E-state index contributed by atoms with van der Waals surface area (Å²) in [6.07, 6.45) is 6.08. The third-order valence-electron chi connectivity index (χ3n) is 16.2. The lowest BCUT2D eigenvalue weighted by molar-refractivity contribution is 0.609. The van der Waals surface area contributed by atoms with E-state index in [4.69, 9.17) is 0 Å². The van der Waals surface area contributed by atoms with Gasteiger partial charge < -0.3 is 4.90 Å². The van der Waals surface area contributed by atoms with Crippen molar-refractivity contribution in [1.29, 1.82) is 0 Å². The van der Waals surface area contributed by atoms with Crippen LogP contribution in [-0.4, -0.2) is 0 Å². The van der Waals surface area contributed by atoms with Crippen LogP contribution < -0.4 is 4.90 Å². The van der Waals surface area contributed by atoms with Crippen molar-refractivity contribution in [2.45, 2.75) is 42.4 Å². The summed E-state index contributed by atoms with van der Waals surface area (Å²) < 4.78 is 0. The standard InChI is InChI=1S/C65H47N/c1-63(2)52-31-14-9-25-45(52)49-40-39-44(41-58(49)63)66(59-37-20-36-57-61(59)51-29-13-18-35-56(51)64(57,42-21-5-3-6-22-42)43-23-7-4-8-24-43)60-38-19-30-50-48-28-12-17-34-55(48)65(62(50)60)53-32-15-10-26-46(53)47-27-11-16-33-54(47)65/h3-39,41,49H,40H2,1-2H3. The highest BCUT2D eigenvalue weighted by atomic mass is 15.2. The summed E-state index contributed by atoms with van der Waals surface area (Å²) in [4.78, 5) is 2.69. The van der Waals surface area contributed by atoms with Crippen molar-refractivity contribution in [1.82, 2.24) is 0 Å². The third kappa shape index (κ3) is 4.65. The number of hydrogen-bond donors (Lipinski definition) is 0. The van der Waals surface area contributed by atoms with Crippen LogP contribution >= 0.6 is 0 Å². The van der Waals surface area contributed by atoms with Gasteiger partial charge in [-0.05, 0) is 103 Å². The quantitative estimate of drug-likeness (QED) is 0.167. The normalized spacial score (nSPS) is 17.6. The molecule has 5 aliphatic rings. The molecule has 0 radical (unpaired) electrons. The number of allylic oxidation sites excluding steroid dienone is 3. The molecule has 1 heteroatoms. The van der Waals surface area contributed by atoms with Crippen LogP contribution in [0.3, 0.4) is 0 Å². The summed E-state index contributed by atoms with van der Waals surface area (Å²) in [7, 11) is 0. The van der Waals surface area contributed by atoms with Crippen LogP contribution in [0.25, 0.3) is 33.4 Å². The number of rotatable bonds is 5. The lowest BCUT2D eigenvalue weighted by Crippen LogP contribution is -2.30. The maximum absolute atomic E-state index is 2.69. The first-order valence-corrected chi connectivity index (χ1v) is 23.6. The van der Waals surface area contributed by atoms with Crippen molar-refractivity contribution >= 4 is 11.4 Å². The first-order valence-electron chi connectivity index (χ1n) is 23.6. The van der Waals surface area contributed by atoms with Crippen molar-refractivity contribution in [2.24, 2.45) is 0 Å². The molecule has 9 aromatic carbocycles. The van der Waals surface area contributed by atoms with Crippen molar-refractivity contribution in [3.8, 4) is 33.4 Å². The van der Waals surface area contributed by atoms with Gasteiger partial charge in [-0.15, -0.1) is 0 Å². The highest BCUT2D eigenvalue weighted by Crippen LogP contribution is 2.67. The monoisotopic (exact) mass is 841 g/mol. The molecule has 1 nitrogen and oxygen atoms in total. The molecular formula is C65H47N. The van der Waals surface area contributed by atoms with E-state index >= 15 is 0 Å². The van der Waals surface area contributed by atoms with E-state index < -0.39 is 10.8 Å². The maximum atomic E-state index is 2.69. The van der Waals surface area contributed by atoms with Gasteiger partial charge in [-0.3, -0.25) is 0 Å². The summed E-state index contributed by atoms with van der Waals surface area (Å²) in [5, 5.41) is 0. The second-order valence-corrected chi connectivity index (χ2v) is 19.4. The maximum Gasteiger partial charge on any atom is 0.0746 e. The Bertz CT molecular complexity index is 3450. The van der Waals surface area contributed by atoms with E-state index in [1.54, 1.807) is 0 Å². The van der Waals surface area contributed by atoms with Gasteiger partial charge in [-0.2, -0.15) is 0 Å². The Hall–Kier alpha value is -7.74. The lowest BCUT2D eigenvalue weighted by Gasteiger charge is -2.38. The number of benzene rings is 9. The average molecular weight is 842 g/mol. The number of nitrogens with zero attached hydrogens (tertiary/aromatic N) is 1. The molecule has 5 aliphatic carbocycles. The molecule has 0 aliphatic heterocycles. The van der Waals surface area contributed by atoms with Crippen molar-refractivity contribution in [2.75, 3.05) is 4.90 Å². The van der Waals surface area contributed by atoms with E-state index in [1.807, 2.05) is 0 Å². The molecule has 0 amide bonds. The molecule has 0 saturated carbocycles. The minimum Gasteiger partial charge on any atom is -0.310 e. The Morgan fingerprint density at radius 3 is 1.47 bits per heavy atom. The van der Waals surface area contributed by atoms with Gasteiger partial charge in [0.2, 0.25) is 0 Å². The first-order chi connectivity index (χ1) is 32.5. The molecule has 312 valence electrons. The Morgan fingerprint density at radius 2 is 0.848 bits per heavy atom. The van der Waals surface area contributed by atoms with Gasteiger partial charge in [-0.25, -0.2) is 0 Å². The second-order valence-electron chi connectivity index (χ2n) is 19.4. The zero-order valence-electron chi connectivity index (χ0n) is 37.2. The zero-order chi connectivity index (χ0) is 43.8. The molecule has 9 aromatic rings. The van der Waals surface area contributed by atoms with Gasteiger partial charge >= 0.3 is 0 Å². The van der Waals surface area contributed by atoms with Gasteiger partial charge in [0, 0.05) is 28.2 Å². The molecule has 0 aromatic heterocycles. The highest BCUT2D eigenvalue weighted by Gasteiger charge is 2.54. The van der Waals surface area contributed by atoms with E-state index in [2.05, 4.69) is 249 Å². The highest BCUT2D eigenvalue weighted by molar-refractivity contribution is 6.02. The minimum atomic E-state index is -0.533. The fourth-order valence-corrected chi connectivity index (χ4v) is 13.7. The lowest BCUT2D eigenvalue weighted by atomic mass is 9.67. The van der Waals surface area contributed by atoms with E-state index in [0.29, 0.717) is 5.92 Å². The predicted octanol–water partition coefficient (Wildman–Crippen LogP) is 15.8. The van der Waals surface area contributed by atoms with Crippen LogP contribution in [0.2, 0.25) is 0 Å². The summed E-state index contributed by atoms with van der Waals surface area (Å²) in [5.41, 5.74) is 25.2. The molecule has 14 rings (SSSR count). The molecular weight excluding hydrogens is 795 g/mol. The van der Waals surface area contributed by atoms with Crippen LogP contribution in [0.5, 0.6) is 0 Å². The van der Waals surface area contributed by atoms with Gasteiger partial charge in [-0.1, -0.05) is 232 Å². The third-order valence-corrected chi connectivity index (χ3v) is 16.2. The molecule has 0 N–H and O–H groups in total. The van der Waals surface area contributed by atoms with E-state index in [-0.39, 0.29) is 5.41 Å². The van der Waals surface area contributed by atoms with E-state index in [1.165, 1.54) is 112 Å². The first kappa shape index (κ1) is 37.6. The topological polar surface area (TPSA) is 3.24 Å². The molecule has 1 unspecified atom stereocenters. The smallest absolute Gasteiger partial charge is 0.0746 e. The average Bonchev–Trinajstić information content (AvgIpc) is 4.04. The fraction of sp³-hybridized carbons (Fsp3) is 0.108. The van der Waals surface area contributed by atoms with Gasteiger partial charge in [0.15, 0.2) is 0 Å². The molecule has 0 bridgehead atoms. The summed E-state index contributed by atoms with van der Waals surface area (Å²) in [6.45, 7) is 4.88. The number of fused-ring (bicyclic) bond motifs is 16. The largest absolute Gasteiger partial charge is 0.310 e. The molecule has 0 fully saturated rings. The number of anilines is 2. The van der Waals surface area contributed by atoms with E-state index in [0.717, 1.165) is 6.42 Å². The van der Waals surface area contributed by atoms with Crippen molar-refractivity contribution < 1.29 is 0 Å². The fourth-order valence-electron chi connectivity index (χ4n) is 13.7. The molecule has 0 saturated heterocycles. The summed E-state index contributed by atoms with van der Waals surface area (Å²) in [6, 6.07) is 82.7. The summed E-state index contributed by atoms with van der Waals surface area (Å²) >= 11 is 0.